The van der Waals surface area contributed by atoms with E-state index in [1.165, 1.54) is 23.2 Å². The van der Waals surface area contributed by atoms with Crippen LogP contribution in [-0.2, 0) is 13.0 Å². The molecule has 4 aromatic rings. The van der Waals surface area contributed by atoms with E-state index in [0.717, 1.165) is 22.2 Å². The lowest BCUT2D eigenvalue weighted by Gasteiger charge is -2.07. The van der Waals surface area contributed by atoms with Crippen LogP contribution in [0.4, 0.5) is 4.39 Å². The van der Waals surface area contributed by atoms with E-state index in [1.54, 1.807) is 6.20 Å². The minimum absolute atomic E-state index is 0.354. The van der Waals surface area contributed by atoms with E-state index in [9.17, 15) is 4.39 Å². The van der Waals surface area contributed by atoms with Crippen molar-refractivity contribution in [3.8, 4) is 11.3 Å². The van der Waals surface area contributed by atoms with Gasteiger partial charge >= 0.3 is 0 Å². The fourth-order valence-electron chi connectivity index (χ4n) is 2.90. The molecule has 1 N–H and O–H groups in total. The molecule has 0 aliphatic rings. The van der Waals surface area contributed by atoms with Gasteiger partial charge in [-0.15, -0.1) is 0 Å². The number of hydrogen-bond acceptors (Lipinski definition) is 2. The van der Waals surface area contributed by atoms with Crippen molar-refractivity contribution in [2.75, 3.05) is 0 Å². The lowest BCUT2D eigenvalue weighted by molar-refractivity contribution is 0.612. The van der Waals surface area contributed by atoms with E-state index in [-0.39, 0.29) is 5.82 Å². The van der Waals surface area contributed by atoms with Crippen molar-refractivity contribution in [3.05, 3.63) is 71.0 Å². The minimum atomic E-state index is -0.354. The lowest BCUT2D eigenvalue weighted by atomic mass is 10.1. The summed E-state index contributed by atoms with van der Waals surface area (Å²) in [6, 6.07) is 11.6. The van der Waals surface area contributed by atoms with E-state index in [0.29, 0.717) is 12.1 Å². The number of H-pyrrole nitrogens is 1. The second kappa shape index (κ2) is 6.20. The third-order valence-corrected chi connectivity index (χ3v) is 4.41. The standard InChI is InChI=1S/C18H14BrFN4/c19-18-8-17(13-7-14(20)11-21-9-13)24(23-18)6-5-12-10-22-16-4-2-1-3-15(12)16/h1-4,7-11,22H,5-6H2. The maximum atomic E-state index is 13.5. The van der Waals surface area contributed by atoms with Crippen LogP contribution >= 0.6 is 15.9 Å². The highest BCUT2D eigenvalue weighted by atomic mass is 79.9. The van der Waals surface area contributed by atoms with E-state index >= 15 is 0 Å². The molecule has 0 aliphatic carbocycles. The van der Waals surface area contributed by atoms with Crippen LogP contribution in [0.5, 0.6) is 0 Å². The molecule has 1 aromatic carbocycles. The maximum Gasteiger partial charge on any atom is 0.142 e. The lowest BCUT2D eigenvalue weighted by Crippen LogP contribution is -2.05. The number of fused-ring (bicyclic) bond motifs is 1. The van der Waals surface area contributed by atoms with Crippen LogP contribution in [0.1, 0.15) is 5.56 Å². The van der Waals surface area contributed by atoms with Gasteiger partial charge in [0.05, 0.1) is 11.9 Å². The maximum absolute atomic E-state index is 13.5. The van der Waals surface area contributed by atoms with Crippen LogP contribution in [0.3, 0.4) is 0 Å². The van der Waals surface area contributed by atoms with Gasteiger partial charge in [0, 0.05) is 35.4 Å². The van der Waals surface area contributed by atoms with E-state index in [1.807, 2.05) is 29.1 Å². The first-order valence-electron chi connectivity index (χ1n) is 7.60. The van der Waals surface area contributed by atoms with Gasteiger partial charge in [-0.1, -0.05) is 18.2 Å². The molecule has 6 heteroatoms. The third kappa shape index (κ3) is 2.85. The number of aromatic nitrogens is 4. The number of benzene rings is 1. The fourth-order valence-corrected chi connectivity index (χ4v) is 3.31. The van der Waals surface area contributed by atoms with E-state index < -0.39 is 0 Å². The van der Waals surface area contributed by atoms with Crippen molar-refractivity contribution in [1.29, 1.82) is 0 Å². The zero-order valence-electron chi connectivity index (χ0n) is 12.7. The molecule has 0 bridgehead atoms. The largest absolute Gasteiger partial charge is 0.361 e. The van der Waals surface area contributed by atoms with E-state index in [2.05, 4.69) is 43.1 Å². The Bertz CT molecular complexity index is 1010. The summed E-state index contributed by atoms with van der Waals surface area (Å²) in [5.74, 6) is -0.354. The van der Waals surface area contributed by atoms with Gasteiger partial charge in [0.2, 0.25) is 0 Å². The quantitative estimate of drug-likeness (QED) is 0.560. The van der Waals surface area contributed by atoms with Crippen LogP contribution in [0.2, 0.25) is 0 Å². The molecule has 4 nitrogen and oxygen atoms in total. The van der Waals surface area contributed by atoms with Crippen molar-refractivity contribution in [2.24, 2.45) is 0 Å². The molecule has 0 aliphatic heterocycles. The van der Waals surface area contributed by atoms with Crippen LogP contribution in [0.25, 0.3) is 22.2 Å². The SMILES string of the molecule is Fc1cncc(-c2cc(Br)nn2CCc2c[nH]c3ccccc23)c1. The van der Waals surface area contributed by atoms with Crippen LogP contribution < -0.4 is 0 Å². The normalized spacial score (nSPS) is 11.2. The molecule has 0 spiro atoms. The number of pyridine rings is 1. The van der Waals surface area contributed by atoms with Gasteiger partial charge in [0.1, 0.15) is 10.4 Å². The summed E-state index contributed by atoms with van der Waals surface area (Å²) >= 11 is 3.41. The molecule has 3 aromatic heterocycles. The summed E-state index contributed by atoms with van der Waals surface area (Å²) in [5.41, 5.74) is 3.92. The van der Waals surface area contributed by atoms with Gasteiger partial charge in [0.25, 0.3) is 0 Å². The molecule has 0 amide bonds. The van der Waals surface area contributed by atoms with Gasteiger partial charge in [-0.3, -0.25) is 9.67 Å². The summed E-state index contributed by atoms with van der Waals surface area (Å²) in [4.78, 5) is 7.21. The number of nitrogens with one attached hydrogen (secondary N) is 1. The zero-order valence-corrected chi connectivity index (χ0v) is 14.3. The van der Waals surface area contributed by atoms with Gasteiger partial charge in [-0.05, 0) is 46.1 Å². The number of para-hydroxylation sites is 1. The van der Waals surface area contributed by atoms with Crippen LogP contribution in [-0.4, -0.2) is 19.7 Å². The highest BCUT2D eigenvalue weighted by Gasteiger charge is 2.11. The zero-order chi connectivity index (χ0) is 16.5. The Balaban J connectivity index is 1.63. The molecule has 0 radical (unpaired) electrons. The summed E-state index contributed by atoms with van der Waals surface area (Å²) in [6.45, 7) is 0.694. The Morgan fingerprint density at radius 1 is 1.17 bits per heavy atom. The van der Waals surface area contributed by atoms with Gasteiger partial charge in [0.15, 0.2) is 0 Å². The molecule has 0 saturated carbocycles. The molecule has 0 atom stereocenters. The van der Waals surface area contributed by atoms with Crippen LogP contribution in [0.15, 0.2) is 59.6 Å². The summed E-state index contributed by atoms with van der Waals surface area (Å²) in [7, 11) is 0. The summed E-state index contributed by atoms with van der Waals surface area (Å²) in [6.07, 6.45) is 5.71. The second-order valence-corrected chi connectivity index (χ2v) is 6.39. The predicted octanol–water partition coefficient (Wildman–Crippen LogP) is 4.57. The molecule has 4 rings (SSSR count). The smallest absolute Gasteiger partial charge is 0.142 e. The number of rotatable bonds is 4. The van der Waals surface area contributed by atoms with Crippen molar-refractivity contribution >= 4 is 26.8 Å². The number of aryl methyl sites for hydroxylation is 2. The first-order valence-corrected chi connectivity index (χ1v) is 8.39. The molecular formula is C18H14BrFN4. The monoisotopic (exact) mass is 384 g/mol. The molecule has 120 valence electrons. The Labute approximate surface area is 146 Å². The predicted molar refractivity (Wildman–Crippen MR) is 95.1 cm³/mol. The number of hydrogen-bond donors (Lipinski definition) is 1. The third-order valence-electron chi connectivity index (χ3n) is 4.02. The van der Waals surface area contributed by atoms with Gasteiger partial charge in [-0.2, -0.15) is 5.10 Å². The number of halogens is 2. The average Bonchev–Trinajstić information content (AvgIpc) is 3.16. The molecule has 24 heavy (non-hydrogen) atoms. The van der Waals surface area contributed by atoms with Crippen LogP contribution in [0, 0.1) is 5.82 Å². The highest BCUT2D eigenvalue weighted by Crippen LogP contribution is 2.24. The summed E-state index contributed by atoms with van der Waals surface area (Å²) < 4.78 is 16.1. The first kappa shape index (κ1) is 15.1. The van der Waals surface area contributed by atoms with Gasteiger partial charge < -0.3 is 4.98 Å². The number of aromatic amines is 1. The summed E-state index contributed by atoms with van der Waals surface area (Å²) in [5, 5.41) is 5.69. The molecule has 3 heterocycles. The molecule has 0 fully saturated rings. The Morgan fingerprint density at radius 2 is 2.04 bits per heavy atom. The molecule has 0 unspecified atom stereocenters. The van der Waals surface area contributed by atoms with Crippen molar-refractivity contribution in [2.45, 2.75) is 13.0 Å². The average molecular weight is 385 g/mol. The highest BCUT2D eigenvalue weighted by molar-refractivity contribution is 9.10. The van der Waals surface area contributed by atoms with Crippen molar-refractivity contribution in [3.63, 3.8) is 0 Å². The topological polar surface area (TPSA) is 46.5 Å². The van der Waals surface area contributed by atoms with Gasteiger partial charge in [-0.25, -0.2) is 4.39 Å². The van der Waals surface area contributed by atoms with Crippen molar-refractivity contribution in [1.82, 2.24) is 19.7 Å². The Kier molecular flexibility index (Phi) is 3.90. The van der Waals surface area contributed by atoms with Crippen molar-refractivity contribution < 1.29 is 4.39 Å². The Hall–Kier alpha value is -2.47. The minimum Gasteiger partial charge on any atom is -0.361 e. The Morgan fingerprint density at radius 3 is 2.92 bits per heavy atom. The second-order valence-electron chi connectivity index (χ2n) is 5.58. The van der Waals surface area contributed by atoms with E-state index in [4.69, 9.17) is 0 Å². The number of nitrogens with zero attached hydrogens (tertiary/aromatic N) is 3. The fraction of sp³-hybridized carbons (Fsp3) is 0.111. The first-order chi connectivity index (χ1) is 11.7. The molecule has 0 saturated heterocycles. The molecular weight excluding hydrogens is 371 g/mol.